The third-order valence-electron chi connectivity index (χ3n) is 7.70. The van der Waals surface area contributed by atoms with Crippen molar-refractivity contribution in [3.63, 3.8) is 0 Å². The molecule has 0 aliphatic heterocycles. The molecule has 0 unspecified atom stereocenters. The van der Waals surface area contributed by atoms with Gasteiger partial charge in [0.15, 0.2) is 17.3 Å². The second kappa shape index (κ2) is 18.5. The lowest BCUT2D eigenvalue weighted by atomic mass is 9.99. The van der Waals surface area contributed by atoms with Crippen LogP contribution in [0.25, 0.3) is 22.3 Å². The van der Waals surface area contributed by atoms with Gasteiger partial charge in [-0.15, -0.1) is 0 Å². The van der Waals surface area contributed by atoms with Gasteiger partial charge in [0.25, 0.3) is 0 Å². The largest absolute Gasteiger partial charge is 0.569 e. The first kappa shape index (κ1) is 36.8. The average Bonchev–Trinajstić information content (AvgIpc) is 3.84. The summed E-state index contributed by atoms with van der Waals surface area (Å²) < 4.78 is 69.7. The second-order valence-electron chi connectivity index (χ2n) is 10.8. The molecule has 2 aliphatic rings. The minimum atomic E-state index is -1.19. The first-order valence-electron chi connectivity index (χ1n) is 15.9. The Balaban J connectivity index is 0.000000173. The number of ether oxygens (including phenoxy) is 2. The lowest BCUT2D eigenvalue weighted by molar-refractivity contribution is 0.310. The van der Waals surface area contributed by atoms with Gasteiger partial charge in [-0.2, -0.15) is 13.2 Å². The van der Waals surface area contributed by atoms with Crippen LogP contribution < -0.4 is 14.1 Å². The van der Waals surface area contributed by atoms with E-state index in [0.717, 1.165) is 28.9 Å². The lowest BCUT2D eigenvalue weighted by Crippen LogP contribution is -2.04. The molecule has 0 amide bonds. The van der Waals surface area contributed by atoms with E-state index in [4.69, 9.17) is 14.5 Å². The zero-order chi connectivity index (χ0) is 34.5. The third kappa shape index (κ3) is 9.76. The van der Waals surface area contributed by atoms with Crippen molar-refractivity contribution in [2.45, 2.75) is 52.4 Å². The molecule has 0 bridgehead atoms. The third-order valence-corrected chi connectivity index (χ3v) is 8.23. The minimum Gasteiger partial charge on any atom is -0.535 e. The first-order valence-corrected chi connectivity index (χ1v) is 16.7. The van der Waals surface area contributed by atoms with Crippen LogP contribution in [0.15, 0.2) is 89.4 Å². The lowest BCUT2D eigenvalue weighted by Gasteiger charge is -2.10. The zero-order valence-electron chi connectivity index (χ0n) is 26.9. The van der Waals surface area contributed by atoms with Crippen LogP contribution in [0, 0.1) is 23.3 Å². The van der Waals surface area contributed by atoms with Crippen LogP contribution in [0.1, 0.15) is 63.5 Å². The topological polar surface area (TPSA) is 47.9 Å². The van der Waals surface area contributed by atoms with Crippen molar-refractivity contribution in [2.75, 3.05) is 13.2 Å². The predicted molar refractivity (Wildman–Crippen MR) is 187 cm³/mol. The summed E-state index contributed by atoms with van der Waals surface area (Å²) in [5.41, 5.74) is 6.32. The Kier molecular flexibility index (Phi) is 14.2. The number of halogens is 5. The monoisotopic (exact) mass is 723 g/mol. The van der Waals surface area contributed by atoms with Crippen molar-refractivity contribution in [1.29, 1.82) is 0 Å². The molecule has 0 aromatic heterocycles. The highest BCUT2D eigenvalue weighted by molar-refractivity contribution is 9.10. The quantitative estimate of drug-likeness (QED) is 0.138. The fourth-order valence-corrected chi connectivity index (χ4v) is 5.61. The molecule has 0 atom stereocenters. The molecule has 0 heterocycles. The zero-order valence-corrected chi connectivity index (χ0v) is 28.5. The van der Waals surface area contributed by atoms with Gasteiger partial charge in [-0.1, -0.05) is 64.5 Å². The van der Waals surface area contributed by atoms with Crippen molar-refractivity contribution >= 4 is 34.8 Å². The highest BCUT2D eigenvalue weighted by Crippen LogP contribution is 2.33. The number of allylic oxidation sites excluding steroid dienone is 4. The van der Waals surface area contributed by atoms with E-state index in [9.17, 15) is 17.6 Å². The van der Waals surface area contributed by atoms with Gasteiger partial charge in [0.2, 0.25) is 17.5 Å². The molecule has 0 fully saturated rings. The van der Waals surface area contributed by atoms with Gasteiger partial charge in [-0.05, 0) is 117 Å². The van der Waals surface area contributed by atoms with E-state index in [1.807, 2.05) is 24.3 Å². The maximum absolute atomic E-state index is 14.2. The average molecular weight is 724 g/mol. The van der Waals surface area contributed by atoms with Gasteiger partial charge < -0.3 is 19.2 Å². The van der Waals surface area contributed by atoms with E-state index in [1.54, 1.807) is 19.9 Å². The molecule has 48 heavy (non-hydrogen) atoms. The summed E-state index contributed by atoms with van der Waals surface area (Å²) in [5.74, 6) is -4.74. The van der Waals surface area contributed by atoms with Crippen molar-refractivity contribution in [3.05, 3.63) is 124 Å². The molecular formula is C38H37BBrF4O4. The van der Waals surface area contributed by atoms with Crippen molar-refractivity contribution in [3.8, 4) is 28.4 Å². The molecule has 6 rings (SSSR count). The normalized spacial score (nSPS) is 13.3. The van der Waals surface area contributed by atoms with Crippen LogP contribution >= 0.6 is 15.9 Å². The summed E-state index contributed by atoms with van der Waals surface area (Å²) in [4.78, 5) is 0. The van der Waals surface area contributed by atoms with Gasteiger partial charge in [0.1, 0.15) is 5.75 Å². The Labute approximate surface area is 288 Å². The highest BCUT2D eigenvalue weighted by Gasteiger charge is 2.17. The molecule has 0 saturated heterocycles. The Morgan fingerprint density at radius 2 is 1.04 bits per heavy atom. The van der Waals surface area contributed by atoms with Crippen LogP contribution in [0.2, 0.25) is 0 Å². The van der Waals surface area contributed by atoms with Crippen molar-refractivity contribution in [2.24, 2.45) is 0 Å². The fraction of sp³-hybridized carbons (Fsp3) is 0.263. The van der Waals surface area contributed by atoms with Crippen LogP contribution in [-0.2, 0) is 0 Å². The van der Waals surface area contributed by atoms with Gasteiger partial charge in [-0.25, -0.2) is 4.39 Å². The fourth-order valence-electron chi connectivity index (χ4n) is 5.34. The number of hydrogen-bond donors (Lipinski definition) is 1. The molecule has 0 saturated carbocycles. The molecule has 0 spiro atoms. The molecule has 4 aromatic carbocycles. The summed E-state index contributed by atoms with van der Waals surface area (Å²) in [6, 6.07) is 21.6. The Hall–Kier alpha value is -4.02. The summed E-state index contributed by atoms with van der Waals surface area (Å²) in [7, 11) is 0.276. The number of hydrogen-bond acceptors (Lipinski definition) is 4. The standard InChI is InChI=1S/C19H18F2O.C11H11Br.C8H8BF2O3/c1-2-22-17-12-11-16(18(20)19(17)21)15-9-7-14(8-10-15)13-5-3-4-6-13;12-11-7-5-10(6-8-11)9-3-1-2-4-9;1-2-13-5-3-4-6(14-9-12)8(11)7(5)10/h5,7-12H,2-4,6H2,1H3;3,5-8H,1-2,4H2;3-4,12H,2H2,1H3. The van der Waals surface area contributed by atoms with E-state index in [-0.39, 0.29) is 31.4 Å². The Morgan fingerprint density at radius 1 is 0.604 bits per heavy atom. The molecule has 4 nitrogen and oxygen atoms in total. The maximum atomic E-state index is 14.2. The summed E-state index contributed by atoms with van der Waals surface area (Å²) in [5, 5.41) is 8.24. The van der Waals surface area contributed by atoms with Gasteiger partial charge >= 0.3 is 7.69 Å². The number of benzene rings is 4. The SMILES string of the molecule is Brc1ccc(C2=CCCC2)cc1.CCOc1ccc(-c2ccc(C3=CCCC3)cc2)c(F)c1F.CCOc1ccc(O[B]O)c(F)c1F. The molecule has 1 radical (unpaired) electrons. The van der Waals surface area contributed by atoms with Gasteiger partial charge in [0, 0.05) is 10.0 Å². The molecule has 4 aromatic rings. The molecule has 10 heteroatoms. The summed E-state index contributed by atoms with van der Waals surface area (Å²) >= 11 is 3.43. The maximum Gasteiger partial charge on any atom is 0.569 e. The molecule has 1 N–H and O–H groups in total. The Morgan fingerprint density at radius 3 is 1.52 bits per heavy atom. The highest BCUT2D eigenvalue weighted by atomic mass is 79.9. The van der Waals surface area contributed by atoms with E-state index in [2.05, 4.69) is 57.0 Å². The van der Waals surface area contributed by atoms with E-state index >= 15 is 0 Å². The van der Waals surface area contributed by atoms with Crippen LogP contribution in [-0.4, -0.2) is 25.9 Å². The summed E-state index contributed by atoms with van der Waals surface area (Å²) in [6.07, 6.45) is 11.8. The van der Waals surface area contributed by atoms with E-state index in [1.165, 1.54) is 54.5 Å². The summed E-state index contributed by atoms with van der Waals surface area (Å²) in [6.45, 7) is 3.94. The van der Waals surface area contributed by atoms with Crippen molar-refractivity contribution < 1.29 is 36.7 Å². The smallest absolute Gasteiger partial charge is 0.535 e. The first-order chi connectivity index (χ1) is 23.3. The van der Waals surface area contributed by atoms with E-state index < -0.39 is 29.0 Å². The Bertz CT molecular complexity index is 1680. The van der Waals surface area contributed by atoms with Crippen LogP contribution in [0.5, 0.6) is 17.2 Å². The number of rotatable bonds is 9. The van der Waals surface area contributed by atoms with Crippen molar-refractivity contribution in [1.82, 2.24) is 0 Å². The molecule has 2 aliphatic carbocycles. The molecule has 251 valence electrons. The van der Waals surface area contributed by atoms with Gasteiger partial charge in [-0.3, -0.25) is 0 Å². The molecular weight excluding hydrogens is 687 g/mol. The minimum absolute atomic E-state index is 0.0449. The van der Waals surface area contributed by atoms with Gasteiger partial charge in [0.05, 0.1) is 13.2 Å². The second-order valence-corrected chi connectivity index (χ2v) is 11.8. The van der Waals surface area contributed by atoms with E-state index in [0.29, 0.717) is 12.2 Å². The van der Waals surface area contributed by atoms with Crippen LogP contribution in [0.4, 0.5) is 17.6 Å². The predicted octanol–water partition coefficient (Wildman–Crippen LogP) is 10.9. The van der Waals surface area contributed by atoms with Crippen LogP contribution in [0.3, 0.4) is 0 Å².